The van der Waals surface area contributed by atoms with Crippen molar-refractivity contribution >= 4 is 11.8 Å². The topological polar surface area (TPSA) is 80.3 Å². The Morgan fingerprint density at radius 1 is 0.889 bits per heavy atom. The first-order chi connectivity index (χ1) is 13.0. The fourth-order valence-corrected chi connectivity index (χ4v) is 2.97. The van der Waals surface area contributed by atoms with Gasteiger partial charge in [0.05, 0.1) is 11.5 Å². The number of hydrogen-bond acceptors (Lipinski definition) is 7. The molecule has 2 heterocycles. The average molecular weight is 370 g/mol. The molecule has 27 heavy (non-hydrogen) atoms. The molecule has 0 aliphatic carbocycles. The lowest BCUT2D eigenvalue weighted by molar-refractivity contribution is -0.123. The number of benzene rings is 2. The van der Waals surface area contributed by atoms with Crippen LogP contribution < -0.4 is 18.9 Å². The summed E-state index contributed by atoms with van der Waals surface area (Å²) in [5, 5.41) is 0. The van der Waals surface area contributed by atoms with E-state index in [1.54, 1.807) is 43.3 Å². The van der Waals surface area contributed by atoms with Crippen LogP contribution in [0.25, 0.3) is 0 Å². The van der Waals surface area contributed by atoms with Gasteiger partial charge in [-0.15, -0.1) is 0 Å². The second kappa shape index (κ2) is 6.83. The van der Waals surface area contributed by atoms with Crippen LogP contribution >= 0.6 is 0 Å². The van der Waals surface area contributed by atoms with Gasteiger partial charge in [0.25, 0.3) is 0 Å². The van der Waals surface area contributed by atoms with Gasteiger partial charge < -0.3 is 23.7 Å². The summed E-state index contributed by atoms with van der Waals surface area (Å²) >= 11 is 0. The predicted molar refractivity (Wildman–Crippen MR) is 93.1 cm³/mol. The van der Waals surface area contributed by atoms with Gasteiger partial charge in [0, 0.05) is 0 Å². The summed E-state index contributed by atoms with van der Waals surface area (Å²) in [5.41, 5.74) is 0.983. The summed E-state index contributed by atoms with van der Waals surface area (Å²) in [6, 6.07) is 10.1. The van der Waals surface area contributed by atoms with Gasteiger partial charge in [-0.25, -0.2) is 4.79 Å². The van der Waals surface area contributed by atoms with E-state index in [1.807, 2.05) is 0 Å². The highest BCUT2D eigenvalue weighted by atomic mass is 16.7. The lowest BCUT2D eigenvalue weighted by atomic mass is 9.93. The van der Waals surface area contributed by atoms with E-state index in [4.69, 9.17) is 23.7 Å². The van der Waals surface area contributed by atoms with Crippen LogP contribution in [-0.4, -0.2) is 25.3 Å². The normalized spacial score (nSPS) is 15.9. The average Bonchev–Trinajstić information content (AvgIpc) is 3.32. The van der Waals surface area contributed by atoms with Gasteiger partial charge >= 0.3 is 5.97 Å². The van der Waals surface area contributed by atoms with E-state index in [2.05, 4.69) is 0 Å². The third kappa shape index (κ3) is 3.28. The SMILES string of the molecule is CC(=O)[C@@H](C)[C@H](OC(=O)c1ccc2c(c1)OCO2)c1ccc2c(c1)OCO2. The lowest BCUT2D eigenvalue weighted by Gasteiger charge is -2.23. The monoisotopic (exact) mass is 370 g/mol. The minimum Gasteiger partial charge on any atom is -0.454 e. The van der Waals surface area contributed by atoms with Crippen molar-refractivity contribution in [2.45, 2.75) is 20.0 Å². The highest BCUT2D eigenvalue weighted by Gasteiger charge is 2.29. The second-order valence-electron chi connectivity index (χ2n) is 6.41. The molecule has 0 aromatic heterocycles. The number of fused-ring (bicyclic) bond motifs is 2. The third-order valence-electron chi connectivity index (χ3n) is 4.66. The molecule has 0 fully saturated rings. The van der Waals surface area contributed by atoms with Crippen molar-refractivity contribution in [2.24, 2.45) is 5.92 Å². The molecule has 2 atom stereocenters. The van der Waals surface area contributed by atoms with Crippen LogP contribution in [0.5, 0.6) is 23.0 Å². The van der Waals surface area contributed by atoms with Crippen LogP contribution in [0.4, 0.5) is 0 Å². The molecule has 0 N–H and O–H groups in total. The van der Waals surface area contributed by atoms with Gasteiger partial charge in [0.15, 0.2) is 23.0 Å². The number of hydrogen-bond donors (Lipinski definition) is 0. The van der Waals surface area contributed by atoms with Gasteiger partial charge in [0.2, 0.25) is 13.6 Å². The summed E-state index contributed by atoms with van der Waals surface area (Å²) in [4.78, 5) is 24.7. The van der Waals surface area contributed by atoms with Crippen molar-refractivity contribution in [3.8, 4) is 23.0 Å². The summed E-state index contributed by atoms with van der Waals surface area (Å²) in [6.07, 6.45) is -0.755. The van der Waals surface area contributed by atoms with E-state index in [9.17, 15) is 9.59 Å². The van der Waals surface area contributed by atoms with Crippen LogP contribution in [0.2, 0.25) is 0 Å². The van der Waals surface area contributed by atoms with Crippen molar-refractivity contribution in [3.63, 3.8) is 0 Å². The van der Waals surface area contributed by atoms with Gasteiger partial charge in [-0.1, -0.05) is 13.0 Å². The van der Waals surface area contributed by atoms with Crippen LogP contribution in [0.15, 0.2) is 36.4 Å². The van der Waals surface area contributed by atoms with Crippen LogP contribution in [0.3, 0.4) is 0 Å². The van der Waals surface area contributed by atoms with E-state index in [0.717, 1.165) is 0 Å². The van der Waals surface area contributed by atoms with Crippen molar-refractivity contribution < 1.29 is 33.3 Å². The minimum atomic E-state index is -0.755. The van der Waals surface area contributed by atoms with E-state index in [0.29, 0.717) is 34.1 Å². The highest BCUT2D eigenvalue weighted by Crippen LogP contribution is 2.38. The number of rotatable bonds is 5. The van der Waals surface area contributed by atoms with Crippen molar-refractivity contribution in [2.75, 3.05) is 13.6 Å². The Hall–Kier alpha value is -3.22. The quantitative estimate of drug-likeness (QED) is 0.747. The number of ether oxygens (including phenoxy) is 5. The van der Waals surface area contributed by atoms with Gasteiger partial charge in [-0.3, -0.25) is 4.79 Å². The smallest absolute Gasteiger partial charge is 0.338 e. The molecule has 2 aromatic carbocycles. The molecule has 2 aliphatic heterocycles. The summed E-state index contributed by atoms with van der Waals surface area (Å²) in [6.45, 7) is 3.46. The standard InChI is InChI=1S/C20H18O7/c1-11(12(2)21)19(13-3-5-15-17(7-13)25-9-23-15)27-20(22)14-4-6-16-18(8-14)26-10-24-16/h3-8,11,19H,9-10H2,1-2H3/t11-,19+/m1/s1. The molecule has 0 saturated heterocycles. The van der Waals surface area contributed by atoms with Crippen molar-refractivity contribution in [1.82, 2.24) is 0 Å². The lowest BCUT2D eigenvalue weighted by Crippen LogP contribution is -2.22. The largest absolute Gasteiger partial charge is 0.454 e. The van der Waals surface area contributed by atoms with E-state index in [-0.39, 0.29) is 19.4 Å². The number of esters is 1. The molecule has 2 aliphatic rings. The summed E-state index contributed by atoms with van der Waals surface area (Å²) in [7, 11) is 0. The zero-order valence-corrected chi connectivity index (χ0v) is 14.9. The molecular weight excluding hydrogens is 352 g/mol. The minimum absolute atomic E-state index is 0.0869. The maximum absolute atomic E-state index is 12.7. The Kier molecular flexibility index (Phi) is 4.35. The molecule has 0 unspecified atom stereocenters. The van der Waals surface area contributed by atoms with Crippen molar-refractivity contribution in [1.29, 1.82) is 0 Å². The Balaban J connectivity index is 1.61. The van der Waals surface area contributed by atoms with Crippen molar-refractivity contribution in [3.05, 3.63) is 47.5 Å². The van der Waals surface area contributed by atoms with Crippen LogP contribution in [-0.2, 0) is 9.53 Å². The zero-order valence-electron chi connectivity index (χ0n) is 14.9. The zero-order chi connectivity index (χ0) is 19.0. The number of carbonyl (C=O) groups is 2. The highest BCUT2D eigenvalue weighted by molar-refractivity contribution is 5.91. The molecule has 4 rings (SSSR count). The molecule has 140 valence electrons. The van der Waals surface area contributed by atoms with Gasteiger partial charge in [-0.2, -0.15) is 0 Å². The van der Waals surface area contributed by atoms with Gasteiger partial charge in [-0.05, 0) is 42.8 Å². The maximum Gasteiger partial charge on any atom is 0.338 e. The Bertz CT molecular complexity index is 905. The Morgan fingerprint density at radius 3 is 2.15 bits per heavy atom. The number of carbonyl (C=O) groups excluding carboxylic acids is 2. The Labute approximate surface area is 155 Å². The summed E-state index contributed by atoms with van der Waals surface area (Å²) < 4.78 is 27.0. The predicted octanol–water partition coefficient (Wildman–Crippen LogP) is 3.27. The van der Waals surface area contributed by atoms with Crippen LogP contribution in [0, 0.1) is 5.92 Å². The fourth-order valence-electron chi connectivity index (χ4n) is 2.97. The molecule has 0 radical (unpaired) electrons. The fraction of sp³-hybridized carbons (Fsp3) is 0.300. The second-order valence-corrected chi connectivity index (χ2v) is 6.41. The van der Waals surface area contributed by atoms with E-state index < -0.39 is 18.0 Å². The molecule has 0 saturated carbocycles. The first-order valence-electron chi connectivity index (χ1n) is 8.53. The first-order valence-corrected chi connectivity index (χ1v) is 8.53. The maximum atomic E-state index is 12.7. The Morgan fingerprint density at radius 2 is 1.48 bits per heavy atom. The molecular formula is C20H18O7. The van der Waals surface area contributed by atoms with Crippen LogP contribution in [0.1, 0.15) is 35.9 Å². The molecule has 7 nitrogen and oxygen atoms in total. The molecule has 0 amide bonds. The van der Waals surface area contributed by atoms with E-state index >= 15 is 0 Å². The number of Topliss-reactive ketones (excluding diaryl/α,β-unsaturated/α-hetero) is 1. The third-order valence-corrected chi connectivity index (χ3v) is 4.66. The molecule has 0 bridgehead atoms. The molecule has 0 spiro atoms. The number of ketones is 1. The molecule has 7 heteroatoms. The summed E-state index contributed by atoms with van der Waals surface area (Å²) in [5.74, 6) is 1.09. The molecule has 2 aromatic rings. The first kappa shape index (κ1) is 17.2. The van der Waals surface area contributed by atoms with Gasteiger partial charge in [0.1, 0.15) is 11.9 Å². The van der Waals surface area contributed by atoms with E-state index in [1.165, 1.54) is 6.92 Å².